The highest BCUT2D eigenvalue weighted by atomic mass is 19.4. The van der Waals surface area contributed by atoms with Crippen molar-refractivity contribution >= 4 is 34.5 Å². The van der Waals surface area contributed by atoms with Crippen LogP contribution >= 0.6 is 0 Å². The second-order valence-corrected chi connectivity index (χ2v) is 8.83. The van der Waals surface area contributed by atoms with Crippen molar-refractivity contribution < 1.29 is 37.4 Å². The van der Waals surface area contributed by atoms with Gasteiger partial charge < -0.3 is 9.84 Å². The van der Waals surface area contributed by atoms with E-state index in [1.165, 1.54) is 18.5 Å². The smallest absolute Gasteiger partial charge is 0.417 e. The molecule has 0 atom stereocenters. The van der Waals surface area contributed by atoms with Crippen molar-refractivity contribution in [2.24, 2.45) is 0 Å². The molecule has 0 spiro atoms. The molecule has 2 aromatic heterocycles. The van der Waals surface area contributed by atoms with Crippen LogP contribution in [0.5, 0.6) is 5.88 Å². The summed E-state index contributed by atoms with van der Waals surface area (Å²) in [5, 5.41) is 9.73. The van der Waals surface area contributed by atoms with Crippen molar-refractivity contribution in [2.45, 2.75) is 44.0 Å². The van der Waals surface area contributed by atoms with Gasteiger partial charge in [-0.25, -0.2) is 19.6 Å². The Labute approximate surface area is 207 Å². The quantitative estimate of drug-likeness (QED) is 0.507. The average Bonchev–Trinajstić information content (AvgIpc) is 3.17. The number of halogens is 3. The van der Waals surface area contributed by atoms with Gasteiger partial charge in [0.2, 0.25) is 5.88 Å². The van der Waals surface area contributed by atoms with Crippen LogP contribution in [0.25, 0.3) is 10.9 Å². The molecule has 10 nitrogen and oxygen atoms in total. The number of anilines is 1. The van der Waals surface area contributed by atoms with Gasteiger partial charge in [-0.15, -0.1) is 0 Å². The van der Waals surface area contributed by atoms with Gasteiger partial charge in [0.1, 0.15) is 19.0 Å². The Balaban J connectivity index is 1.25. The number of hydrogen-bond donors (Lipinski definition) is 1. The van der Waals surface area contributed by atoms with E-state index in [-0.39, 0.29) is 23.9 Å². The van der Waals surface area contributed by atoms with E-state index in [1.54, 1.807) is 6.07 Å². The summed E-state index contributed by atoms with van der Waals surface area (Å²) in [7, 11) is 0. The molecule has 192 valence electrons. The second-order valence-electron chi connectivity index (χ2n) is 8.83. The van der Waals surface area contributed by atoms with Crippen LogP contribution in [-0.4, -0.2) is 61.6 Å². The molecule has 0 bridgehead atoms. The van der Waals surface area contributed by atoms with E-state index in [0.717, 1.165) is 22.1 Å². The van der Waals surface area contributed by atoms with Crippen LogP contribution < -0.4 is 9.64 Å². The van der Waals surface area contributed by atoms with Crippen molar-refractivity contribution in [2.75, 3.05) is 11.4 Å². The summed E-state index contributed by atoms with van der Waals surface area (Å²) >= 11 is 0. The minimum atomic E-state index is -4.62. The van der Waals surface area contributed by atoms with Gasteiger partial charge in [0, 0.05) is 12.2 Å². The zero-order valence-electron chi connectivity index (χ0n) is 19.2. The third-order valence-corrected chi connectivity index (χ3v) is 6.50. The summed E-state index contributed by atoms with van der Waals surface area (Å²) in [4.78, 5) is 50.9. The van der Waals surface area contributed by atoms with Crippen LogP contribution in [0.3, 0.4) is 0 Å². The lowest BCUT2D eigenvalue weighted by Crippen LogP contribution is -2.44. The Bertz CT molecular complexity index is 1390. The number of carbonyl (C=O) groups is 3. The number of pyridine rings is 1. The molecule has 2 aliphatic rings. The summed E-state index contributed by atoms with van der Waals surface area (Å²) in [5.74, 6) is -1.25. The van der Waals surface area contributed by atoms with Crippen molar-refractivity contribution in [3.63, 3.8) is 0 Å². The molecule has 1 N–H and O–H groups in total. The number of carboxylic acids is 1. The summed E-state index contributed by atoms with van der Waals surface area (Å²) in [5.41, 5.74) is -0.573. The summed E-state index contributed by atoms with van der Waals surface area (Å²) in [6.45, 7) is -0.358. The molecule has 3 aromatic rings. The first-order chi connectivity index (χ1) is 17.6. The van der Waals surface area contributed by atoms with Crippen LogP contribution in [0.2, 0.25) is 0 Å². The third kappa shape index (κ3) is 4.76. The standard InChI is InChI=1S/C24H20F3N5O5/c25-24(26,27)14-8-16(10-28-9-14)31-11-20(33)32(23(31)36)15-2-4-17(5-3-15)37-21-18-6-1-13(22(34)35)7-19(18)29-12-30-21/h1,6-10,12,15,17H,2-5,11H2,(H,34,35). The highest BCUT2D eigenvalue weighted by Crippen LogP contribution is 2.34. The van der Waals surface area contributed by atoms with Crippen LogP contribution in [-0.2, 0) is 11.0 Å². The first kappa shape index (κ1) is 24.4. The highest BCUT2D eigenvalue weighted by Gasteiger charge is 2.43. The van der Waals surface area contributed by atoms with E-state index in [1.807, 2.05) is 0 Å². The molecular weight excluding hydrogens is 495 g/mol. The number of benzene rings is 1. The van der Waals surface area contributed by atoms with Crippen LogP contribution in [0, 0.1) is 0 Å². The van der Waals surface area contributed by atoms with Gasteiger partial charge in [0.05, 0.1) is 33.9 Å². The predicted octanol–water partition coefficient (Wildman–Crippen LogP) is 3.90. The minimum Gasteiger partial charge on any atom is -0.478 e. The molecule has 1 saturated heterocycles. The van der Waals surface area contributed by atoms with E-state index in [4.69, 9.17) is 4.74 Å². The van der Waals surface area contributed by atoms with Gasteiger partial charge in [-0.2, -0.15) is 13.2 Å². The molecule has 37 heavy (non-hydrogen) atoms. The number of carbonyl (C=O) groups excluding carboxylic acids is 2. The van der Waals surface area contributed by atoms with Gasteiger partial charge in [-0.1, -0.05) is 0 Å². The normalized spacial score (nSPS) is 20.5. The topological polar surface area (TPSA) is 126 Å². The van der Waals surface area contributed by atoms with Crippen LogP contribution in [0.1, 0.15) is 41.6 Å². The number of imide groups is 1. The number of alkyl halides is 3. The van der Waals surface area contributed by atoms with Crippen molar-refractivity contribution in [3.8, 4) is 5.88 Å². The van der Waals surface area contributed by atoms with Gasteiger partial charge >= 0.3 is 18.2 Å². The second kappa shape index (κ2) is 9.30. The molecule has 13 heteroatoms. The van der Waals surface area contributed by atoms with E-state index in [0.29, 0.717) is 48.7 Å². The Morgan fingerprint density at radius 3 is 2.51 bits per heavy atom. The van der Waals surface area contributed by atoms with Gasteiger partial charge in [-0.05, 0) is 49.9 Å². The summed E-state index contributed by atoms with van der Waals surface area (Å²) in [6.07, 6.45) is 0.0972. The first-order valence-electron chi connectivity index (χ1n) is 11.4. The fraction of sp³-hybridized carbons (Fsp3) is 0.333. The SMILES string of the molecule is O=C(O)c1ccc2c(OC3CCC(N4C(=O)CN(c5cncc(C(F)(F)F)c5)C4=O)CC3)ncnc2c1. The van der Waals surface area contributed by atoms with Crippen molar-refractivity contribution in [3.05, 3.63) is 54.1 Å². The fourth-order valence-corrected chi connectivity index (χ4v) is 4.65. The van der Waals surface area contributed by atoms with Crippen LogP contribution in [0.15, 0.2) is 43.0 Å². The molecule has 5 rings (SSSR count). The number of ether oxygens (including phenoxy) is 1. The minimum absolute atomic E-state index is 0.0885. The molecule has 0 unspecified atom stereocenters. The number of carboxylic acid groups (broad SMARTS) is 1. The van der Waals surface area contributed by atoms with Crippen LogP contribution in [0.4, 0.5) is 23.7 Å². The summed E-state index contributed by atoms with van der Waals surface area (Å²) in [6, 6.07) is 4.17. The molecule has 3 heterocycles. The van der Waals surface area contributed by atoms with E-state index in [2.05, 4.69) is 15.0 Å². The molecule has 1 saturated carbocycles. The lowest BCUT2D eigenvalue weighted by atomic mass is 9.92. The highest BCUT2D eigenvalue weighted by molar-refractivity contribution is 6.12. The van der Waals surface area contributed by atoms with Gasteiger partial charge in [-0.3, -0.25) is 19.6 Å². The molecule has 0 radical (unpaired) electrons. The summed E-state index contributed by atoms with van der Waals surface area (Å²) < 4.78 is 45.2. The molecule has 1 aromatic carbocycles. The number of amides is 3. The Morgan fingerprint density at radius 1 is 1.05 bits per heavy atom. The Morgan fingerprint density at radius 2 is 1.81 bits per heavy atom. The fourth-order valence-electron chi connectivity index (χ4n) is 4.65. The zero-order chi connectivity index (χ0) is 26.3. The van der Waals surface area contributed by atoms with E-state index < -0.39 is 35.7 Å². The van der Waals surface area contributed by atoms with Gasteiger partial charge in [0.25, 0.3) is 5.91 Å². The van der Waals surface area contributed by atoms with Crippen molar-refractivity contribution in [1.82, 2.24) is 19.9 Å². The number of fused-ring (bicyclic) bond motifs is 1. The number of aromatic carboxylic acids is 1. The molecular formula is C24H20F3N5O5. The Hall–Kier alpha value is -4.29. The molecule has 2 fully saturated rings. The number of rotatable bonds is 5. The Kier molecular flexibility index (Phi) is 6.13. The number of aromatic nitrogens is 3. The third-order valence-electron chi connectivity index (χ3n) is 6.50. The molecule has 1 aliphatic carbocycles. The van der Waals surface area contributed by atoms with Gasteiger partial charge in [0.15, 0.2) is 0 Å². The zero-order valence-corrected chi connectivity index (χ0v) is 19.2. The lowest BCUT2D eigenvalue weighted by molar-refractivity contribution is -0.137. The monoisotopic (exact) mass is 515 g/mol. The molecule has 1 aliphatic heterocycles. The average molecular weight is 515 g/mol. The maximum Gasteiger partial charge on any atom is 0.417 e. The lowest BCUT2D eigenvalue weighted by Gasteiger charge is -2.33. The predicted molar refractivity (Wildman–Crippen MR) is 122 cm³/mol. The number of urea groups is 1. The molecule has 3 amide bonds. The largest absolute Gasteiger partial charge is 0.478 e. The maximum atomic E-state index is 13.1. The van der Waals surface area contributed by atoms with Crippen molar-refractivity contribution in [1.29, 1.82) is 0 Å². The van der Waals surface area contributed by atoms with E-state index >= 15 is 0 Å². The number of hydrogen-bond acceptors (Lipinski definition) is 7. The maximum absolute atomic E-state index is 13.1. The van der Waals surface area contributed by atoms with E-state index in [9.17, 15) is 32.7 Å². The first-order valence-corrected chi connectivity index (χ1v) is 11.4. The number of nitrogens with zero attached hydrogens (tertiary/aromatic N) is 5.